The lowest BCUT2D eigenvalue weighted by atomic mass is 9.96. The van der Waals surface area contributed by atoms with Crippen molar-refractivity contribution in [1.29, 1.82) is 0 Å². The number of carbonyl (C=O) groups is 1. The lowest BCUT2D eigenvalue weighted by Gasteiger charge is -2.25. The molecule has 0 rings (SSSR count). The fraction of sp³-hybridized carbons (Fsp3) is 0.917. The number of esters is 1. The van der Waals surface area contributed by atoms with Crippen LogP contribution in [0.3, 0.4) is 0 Å². The quantitative estimate of drug-likeness (QED) is 0.460. The Morgan fingerprint density at radius 1 is 1.18 bits per heavy atom. The highest BCUT2D eigenvalue weighted by atomic mass is 16.5. The fourth-order valence-electron chi connectivity index (χ4n) is 1.49. The molecule has 0 aromatic heterocycles. The summed E-state index contributed by atoms with van der Waals surface area (Å²) in [6, 6.07) is 0. The summed E-state index contributed by atoms with van der Waals surface area (Å²) in [4.78, 5) is 11.5. The van der Waals surface area contributed by atoms with Crippen molar-refractivity contribution >= 4 is 5.97 Å². The molecule has 0 radical (unpaired) electrons. The standard InChI is InChI=1S/C12H25NO4/c1-12(13-2,11(14)16-4)7-5-9-17-10-6-8-15-3/h13H,5-10H2,1-4H3. The van der Waals surface area contributed by atoms with Gasteiger partial charge in [0.25, 0.3) is 0 Å². The zero-order chi connectivity index (χ0) is 13.1. The lowest BCUT2D eigenvalue weighted by Crippen LogP contribution is -2.48. The molecule has 0 bridgehead atoms. The Morgan fingerprint density at radius 3 is 2.35 bits per heavy atom. The number of rotatable bonds is 10. The summed E-state index contributed by atoms with van der Waals surface area (Å²) >= 11 is 0. The first-order valence-electron chi connectivity index (χ1n) is 5.94. The molecule has 0 aromatic rings. The zero-order valence-electron chi connectivity index (χ0n) is 11.4. The third-order valence-corrected chi connectivity index (χ3v) is 2.79. The van der Waals surface area contributed by atoms with Gasteiger partial charge in [-0.2, -0.15) is 0 Å². The van der Waals surface area contributed by atoms with Crippen molar-refractivity contribution in [2.75, 3.05) is 41.1 Å². The normalized spacial score (nSPS) is 14.4. The number of methoxy groups -OCH3 is 2. The number of likely N-dealkylation sites (N-methyl/N-ethyl adjacent to an activating group) is 1. The molecule has 0 spiro atoms. The number of ether oxygens (including phenoxy) is 3. The fourth-order valence-corrected chi connectivity index (χ4v) is 1.49. The topological polar surface area (TPSA) is 56.8 Å². The first-order chi connectivity index (χ1) is 8.10. The third-order valence-electron chi connectivity index (χ3n) is 2.79. The van der Waals surface area contributed by atoms with Gasteiger partial charge in [-0.3, -0.25) is 4.79 Å². The summed E-state index contributed by atoms with van der Waals surface area (Å²) in [6.07, 6.45) is 2.41. The van der Waals surface area contributed by atoms with Crippen LogP contribution in [-0.2, 0) is 19.0 Å². The predicted octanol–water partition coefficient (Wildman–Crippen LogP) is 0.971. The minimum Gasteiger partial charge on any atom is -0.468 e. The molecule has 1 unspecified atom stereocenters. The Balaban J connectivity index is 3.67. The van der Waals surface area contributed by atoms with Crippen molar-refractivity contribution in [2.45, 2.75) is 31.7 Å². The van der Waals surface area contributed by atoms with E-state index in [2.05, 4.69) is 5.32 Å². The first-order valence-corrected chi connectivity index (χ1v) is 5.94. The molecule has 0 aromatic carbocycles. The van der Waals surface area contributed by atoms with Gasteiger partial charge in [0, 0.05) is 26.9 Å². The van der Waals surface area contributed by atoms with Crippen LogP contribution < -0.4 is 5.32 Å². The summed E-state index contributed by atoms with van der Waals surface area (Å²) in [5, 5.41) is 2.99. The number of hydrogen-bond acceptors (Lipinski definition) is 5. The molecule has 1 atom stereocenters. The van der Waals surface area contributed by atoms with Crippen LogP contribution in [0.4, 0.5) is 0 Å². The highest BCUT2D eigenvalue weighted by molar-refractivity contribution is 5.80. The summed E-state index contributed by atoms with van der Waals surface area (Å²) in [6.45, 7) is 3.90. The Labute approximate surface area is 104 Å². The average Bonchev–Trinajstić information content (AvgIpc) is 2.36. The van der Waals surface area contributed by atoms with Crippen LogP contribution in [0.1, 0.15) is 26.2 Å². The van der Waals surface area contributed by atoms with Gasteiger partial charge in [0.05, 0.1) is 7.11 Å². The molecule has 0 aliphatic rings. The second-order valence-electron chi connectivity index (χ2n) is 4.14. The Kier molecular flexibility index (Phi) is 9.03. The van der Waals surface area contributed by atoms with Crippen LogP contribution in [0.2, 0.25) is 0 Å². The molecule has 0 amide bonds. The molecule has 0 heterocycles. The van der Waals surface area contributed by atoms with E-state index >= 15 is 0 Å². The highest BCUT2D eigenvalue weighted by Gasteiger charge is 2.31. The molecule has 102 valence electrons. The summed E-state index contributed by atoms with van der Waals surface area (Å²) in [7, 11) is 4.84. The van der Waals surface area contributed by atoms with E-state index in [1.165, 1.54) is 7.11 Å². The molecule has 0 aliphatic heterocycles. The highest BCUT2D eigenvalue weighted by Crippen LogP contribution is 2.13. The second kappa shape index (κ2) is 9.39. The van der Waals surface area contributed by atoms with E-state index in [0.717, 1.165) is 19.4 Å². The summed E-state index contributed by atoms with van der Waals surface area (Å²) < 4.78 is 15.1. The molecule has 17 heavy (non-hydrogen) atoms. The number of nitrogens with one attached hydrogen (secondary N) is 1. The molecule has 0 fully saturated rings. The van der Waals surface area contributed by atoms with E-state index in [1.54, 1.807) is 14.2 Å². The maximum absolute atomic E-state index is 11.5. The van der Waals surface area contributed by atoms with E-state index in [1.807, 2.05) is 6.92 Å². The van der Waals surface area contributed by atoms with E-state index < -0.39 is 5.54 Å². The number of carbonyl (C=O) groups excluding carboxylic acids is 1. The van der Waals surface area contributed by atoms with Gasteiger partial charge in [0.1, 0.15) is 5.54 Å². The largest absolute Gasteiger partial charge is 0.468 e. The van der Waals surface area contributed by atoms with Crippen LogP contribution in [0.5, 0.6) is 0 Å². The SMILES string of the molecule is CNC(C)(CCCOCCCOC)C(=O)OC. The van der Waals surface area contributed by atoms with Crippen LogP contribution in [0.25, 0.3) is 0 Å². The zero-order valence-corrected chi connectivity index (χ0v) is 11.4. The summed E-state index contributed by atoms with van der Waals surface area (Å²) in [5.41, 5.74) is -0.620. The van der Waals surface area contributed by atoms with E-state index in [4.69, 9.17) is 14.2 Å². The van der Waals surface area contributed by atoms with Crippen LogP contribution >= 0.6 is 0 Å². The second-order valence-corrected chi connectivity index (χ2v) is 4.14. The maximum Gasteiger partial charge on any atom is 0.325 e. The predicted molar refractivity (Wildman–Crippen MR) is 66.0 cm³/mol. The van der Waals surface area contributed by atoms with Crippen molar-refractivity contribution in [1.82, 2.24) is 5.32 Å². The van der Waals surface area contributed by atoms with Gasteiger partial charge in [-0.1, -0.05) is 0 Å². The van der Waals surface area contributed by atoms with Gasteiger partial charge in [0.15, 0.2) is 0 Å². The molecule has 0 saturated heterocycles. The van der Waals surface area contributed by atoms with Gasteiger partial charge in [-0.15, -0.1) is 0 Å². The van der Waals surface area contributed by atoms with Gasteiger partial charge < -0.3 is 19.5 Å². The molecule has 0 aliphatic carbocycles. The minimum atomic E-state index is -0.620. The molecule has 1 N–H and O–H groups in total. The number of hydrogen-bond donors (Lipinski definition) is 1. The Morgan fingerprint density at radius 2 is 1.82 bits per heavy atom. The monoisotopic (exact) mass is 247 g/mol. The molecule has 0 saturated carbocycles. The smallest absolute Gasteiger partial charge is 0.325 e. The Bertz CT molecular complexity index is 211. The van der Waals surface area contributed by atoms with Gasteiger partial charge in [0.2, 0.25) is 0 Å². The van der Waals surface area contributed by atoms with Crippen molar-refractivity contribution < 1.29 is 19.0 Å². The molecular formula is C12H25NO4. The van der Waals surface area contributed by atoms with Gasteiger partial charge in [-0.05, 0) is 33.2 Å². The van der Waals surface area contributed by atoms with Crippen molar-refractivity contribution in [3.63, 3.8) is 0 Å². The molecule has 5 nitrogen and oxygen atoms in total. The van der Waals surface area contributed by atoms with Gasteiger partial charge >= 0.3 is 5.97 Å². The lowest BCUT2D eigenvalue weighted by molar-refractivity contribution is -0.148. The minimum absolute atomic E-state index is 0.237. The summed E-state index contributed by atoms with van der Waals surface area (Å²) in [5.74, 6) is -0.237. The first kappa shape index (κ1) is 16.4. The average molecular weight is 247 g/mol. The van der Waals surface area contributed by atoms with Crippen molar-refractivity contribution in [2.24, 2.45) is 0 Å². The van der Waals surface area contributed by atoms with E-state index in [0.29, 0.717) is 19.6 Å². The van der Waals surface area contributed by atoms with E-state index in [-0.39, 0.29) is 5.97 Å². The van der Waals surface area contributed by atoms with Crippen molar-refractivity contribution in [3.8, 4) is 0 Å². The van der Waals surface area contributed by atoms with Crippen molar-refractivity contribution in [3.05, 3.63) is 0 Å². The third kappa shape index (κ3) is 6.61. The van der Waals surface area contributed by atoms with E-state index in [9.17, 15) is 4.79 Å². The maximum atomic E-state index is 11.5. The molecular weight excluding hydrogens is 222 g/mol. The molecule has 5 heteroatoms. The van der Waals surface area contributed by atoms with Crippen LogP contribution in [0, 0.1) is 0 Å². The Hall–Kier alpha value is -0.650. The van der Waals surface area contributed by atoms with Crippen LogP contribution in [-0.4, -0.2) is 52.6 Å². The van der Waals surface area contributed by atoms with Crippen LogP contribution in [0.15, 0.2) is 0 Å². The van der Waals surface area contributed by atoms with Gasteiger partial charge in [-0.25, -0.2) is 0 Å².